The molecule has 2 atom stereocenters. The van der Waals surface area contributed by atoms with E-state index in [0.29, 0.717) is 19.6 Å². The zero-order valence-corrected chi connectivity index (χ0v) is 47.0. The third kappa shape index (κ3) is 16.7. The predicted octanol–water partition coefficient (Wildman–Crippen LogP) is 5.70. The first kappa shape index (κ1) is 62.4. The maximum atomic E-state index is 12.6. The molecule has 18 heteroatoms. The molecule has 6 fully saturated rings. The van der Waals surface area contributed by atoms with Gasteiger partial charge >= 0.3 is 37.2 Å². The molecule has 74 heavy (non-hydrogen) atoms. The number of morpholine rings is 2. The van der Waals surface area contributed by atoms with Gasteiger partial charge in [0.05, 0.1) is 25.4 Å². The zero-order valence-electron chi connectivity index (χ0n) is 47.0. The number of nitrogens with zero attached hydrogens (tertiary/aromatic N) is 6. The Labute approximate surface area is 453 Å². The van der Waals surface area contributed by atoms with Gasteiger partial charge in [-0.05, 0) is 180 Å². The van der Waals surface area contributed by atoms with Crippen LogP contribution in [0.3, 0.4) is 0 Å². The van der Waals surface area contributed by atoms with Gasteiger partial charge < -0.3 is 48.8 Å². The number of likely N-dealkylation sites (tertiary alicyclic amines) is 4. The molecule has 408 valence electrons. The summed E-state index contributed by atoms with van der Waals surface area (Å²) in [6.45, 7) is 34.2. The summed E-state index contributed by atoms with van der Waals surface area (Å²) >= 11 is 0. The van der Waals surface area contributed by atoms with E-state index >= 15 is 0 Å². The monoisotopic (exact) mass is 1030 g/mol. The Morgan fingerprint density at radius 1 is 0.635 bits per heavy atom. The number of rotatable bonds is 9. The molecule has 2 amide bonds. The molecule has 2 unspecified atom stereocenters. The molecule has 0 aromatic heterocycles. The van der Waals surface area contributed by atoms with Crippen LogP contribution in [0.25, 0.3) is 0 Å². The van der Waals surface area contributed by atoms with Crippen LogP contribution in [0.2, 0.25) is 0 Å². The number of benzene rings is 2. The number of aryl methyl sites for hydroxylation is 2. The number of amides is 2. The van der Waals surface area contributed by atoms with Crippen LogP contribution < -0.4 is 28.7 Å². The van der Waals surface area contributed by atoms with Crippen molar-refractivity contribution in [2.45, 2.75) is 181 Å². The Bertz CT molecular complexity index is 2200. The average molecular weight is 1030 g/mol. The largest absolute Gasteiger partial charge is 1.00 e. The summed E-state index contributed by atoms with van der Waals surface area (Å²) in [5, 5.41) is 0. The number of anilines is 2. The van der Waals surface area contributed by atoms with E-state index < -0.39 is 17.0 Å². The number of carbonyl (C=O) groups excluding carboxylic acids is 5. The van der Waals surface area contributed by atoms with Crippen molar-refractivity contribution in [2.75, 3.05) is 88.5 Å². The summed E-state index contributed by atoms with van der Waals surface area (Å²) < 4.78 is 28.2. The van der Waals surface area contributed by atoms with Crippen molar-refractivity contribution < 1.29 is 72.0 Å². The summed E-state index contributed by atoms with van der Waals surface area (Å²) in [5.41, 5.74) is 7.08. The van der Waals surface area contributed by atoms with Gasteiger partial charge in [0.1, 0.15) is 11.2 Å². The van der Waals surface area contributed by atoms with Gasteiger partial charge in [0, 0.05) is 88.3 Å². The van der Waals surface area contributed by atoms with Crippen molar-refractivity contribution in [1.82, 2.24) is 19.6 Å². The molecule has 6 aliphatic rings. The first-order valence-corrected chi connectivity index (χ1v) is 26.5. The van der Waals surface area contributed by atoms with Gasteiger partial charge in [-0.15, -0.1) is 0 Å². The molecule has 0 aliphatic carbocycles. The van der Waals surface area contributed by atoms with Crippen molar-refractivity contribution >= 4 is 36.2 Å². The fraction of sp³-hybridized carbons (Fsp3) is 0.714. The number of piperidine rings is 2. The fourth-order valence-corrected chi connectivity index (χ4v) is 11.7. The van der Waals surface area contributed by atoms with Crippen LogP contribution in [-0.4, -0.2) is 162 Å². The van der Waals surface area contributed by atoms with Crippen molar-refractivity contribution in [3.8, 4) is 0 Å². The van der Waals surface area contributed by atoms with Crippen LogP contribution in [0.15, 0.2) is 36.4 Å². The molecular formula is C56H87LiN6O11. The molecule has 2 aromatic rings. The Morgan fingerprint density at radius 3 is 1.43 bits per heavy atom. The minimum absolute atomic E-state index is 0. The van der Waals surface area contributed by atoms with Gasteiger partial charge in [0.15, 0.2) is 0 Å². The Hall–Kier alpha value is -4.17. The van der Waals surface area contributed by atoms with Crippen molar-refractivity contribution in [3.05, 3.63) is 58.7 Å². The summed E-state index contributed by atoms with van der Waals surface area (Å²) in [6.07, 6.45) is 9.78. The normalized spacial score (nSPS) is 23.8. The molecule has 0 radical (unpaired) electrons. The van der Waals surface area contributed by atoms with Gasteiger partial charge in [0.2, 0.25) is 5.79 Å². The summed E-state index contributed by atoms with van der Waals surface area (Å²) in [5.74, 6) is -0.926. The van der Waals surface area contributed by atoms with Crippen molar-refractivity contribution in [3.63, 3.8) is 0 Å². The van der Waals surface area contributed by atoms with E-state index in [2.05, 4.69) is 83.7 Å². The Morgan fingerprint density at radius 2 is 1.04 bits per heavy atom. The molecule has 17 nitrogen and oxygen atoms in total. The van der Waals surface area contributed by atoms with Crippen molar-refractivity contribution in [2.24, 2.45) is 0 Å². The molecule has 0 bridgehead atoms. The van der Waals surface area contributed by atoms with Gasteiger partial charge in [-0.2, -0.15) is 9.59 Å². The second-order valence-electron chi connectivity index (χ2n) is 23.6. The van der Waals surface area contributed by atoms with E-state index in [1.165, 1.54) is 53.6 Å². The first-order valence-electron chi connectivity index (χ1n) is 26.5. The SMILES string of the molecule is CCC1(C)CN(c2cc(C)cc(CN3CCCC34CCN(C(=O)OC(C)(C)C)CC4)c2)CCO1.Cc1cc(CN2CCCC23CCN(C(=O)OC(C)(C)C)CC3)cc(N2CCOC(C)(OC=O)C2)c1.O=C=O.[Li+].[OH-]. The Kier molecular flexibility index (Phi) is 22.1. The molecule has 6 aliphatic heterocycles. The molecule has 8 rings (SSSR count). The summed E-state index contributed by atoms with van der Waals surface area (Å²) in [6, 6.07) is 13.8. The molecule has 6 heterocycles. The average Bonchev–Trinajstić information content (AvgIpc) is 3.87. The van der Waals surface area contributed by atoms with E-state index in [9.17, 15) is 14.4 Å². The standard InChI is InChI=1S/C28H45N3O3.C27H41N3O5.CO2.Li.H2O/c1-7-27(6)21-30(15-16-33-27)24-18-22(2)17-23(19-24)20-31-12-8-9-28(31)10-13-29(14-11-28)25(32)34-26(3,4)5;1-21-15-22(17-23(16-21)29-13-14-33-26(5,19-29)34-20-31)18-30-10-6-7-27(30)8-11-28(12-9-27)24(32)35-25(2,3)4;2-1-3;;/h17-19H,7-16,20-21H2,1-6H3;15-17,20H,6-14,18-19H2,1-5H3;;;1H2/q;;;+1;/p-1. The molecule has 2 aromatic carbocycles. The third-order valence-corrected chi connectivity index (χ3v) is 15.5. The van der Waals surface area contributed by atoms with E-state index in [-0.39, 0.29) is 59.4 Å². The second kappa shape index (κ2) is 26.3. The number of hydrogen-bond acceptors (Lipinski definition) is 15. The first-order chi connectivity index (χ1) is 33.9. The molecule has 6 saturated heterocycles. The third-order valence-electron chi connectivity index (χ3n) is 15.5. The molecule has 1 N–H and O–H groups in total. The second-order valence-corrected chi connectivity index (χ2v) is 23.6. The number of ether oxygens (including phenoxy) is 5. The Balaban J connectivity index is 0.000000297. The van der Waals surface area contributed by atoms with Gasteiger partial charge in [-0.1, -0.05) is 19.1 Å². The maximum Gasteiger partial charge on any atom is 1.00 e. The quantitative estimate of drug-likeness (QED) is 0.170. The fourth-order valence-electron chi connectivity index (χ4n) is 11.7. The zero-order chi connectivity index (χ0) is 52.5. The van der Waals surface area contributed by atoms with Crippen LogP contribution >= 0.6 is 0 Å². The van der Waals surface area contributed by atoms with Crippen LogP contribution in [0.5, 0.6) is 0 Å². The number of carbonyl (C=O) groups is 3. The van der Waals surface area contributed by atoms with Crippen LogP contribution in [0.4, 0.5) is 21.0 Å². The molecule has 0 saturated carbocycles. The van der Waals surface area contributed by atoms with Gasteiger partial charge in [0.25, 0.3) is 6.47 Å². The van der Waals surface area contributed by atoms with E-state index in [4.69, 9.17) is 33.3 Å². The smallest absolute Gasteiger partial charge is 0.870 e. The van der Waals surface area contributed by atoms with Gasteiger partial charge in [-0.3, -0.25) is 14.6 Å². The molecular weight excluding hydrogens is 940 g/mol. The summed E-state index contributed by atoms with van der Waals surface area (Å²) in [4.78, 5) is 66.1. The minimum Gasteiger partial charge on any atom is -0.870 e. The minimum atomic E-state index is -0.926. The van der Waals surface area contributed by atoms with Crippen LogP contribution in [0.1, 0.15) is 142 Å². The van der Waals surface area contributed by atoms with E-state index in [1.54, 1.807) is 0 Å². The maximum absolute atomic E-state index is 12.6. The van der Waals surface area contributed by atoms with Crippen molar-refractivity contribution in [1.29, 1.82) is 0 Å². The van der Waals surface area contributed by atoms with Crippen LogP contribution in [-0.2, 0) is 51.2 Å². The predicted molar refractivity (Wildman–Crippen MR) is 279 cm³/mol. The van der Waals surface area contributed by atoms with E-state index in [0.717, 1.165) is 116 Å². The molecule has 2 spiro atoms. The topological polar surface area (TPSA) is 181 Å². The summed E-state index contributed by atoms with van der Waals surface area (Å²) in [7, 11) is 0. The van der Waals surface area contributed by atoms with Crippen LogP contribution in [0, 0.1) is 13.8 Å². The van der Waals surface area contributed by atoms with Gasteiger partial charge in [-0.25, -0.2) is 9.59 Å². The van der Waals surface area contributed by atoms with E-state index in [1.807, 2.05) is 58.3 Å². The number of hydrogen-bond donors (Lipinski definition) is 0.